The van der Waals surface area contributed by atoms with Gasteiger partial charge in [0.2, 0.25) is 0 Å². The molecule has 5 N–H and O–H groups in total. The number of fused-ring (bicyclic) bond motifs is 1. The number of hydrogen-bond donors (Lipinski definition) is 5. The average Bonchev–Trinajstić information content (AvgIpc) is 3.30. The molecule has 0 aliphatic rings. The maximum Gasteiger partial charge on any atom is 0.326 e. The Bertz CT molecular complexity index is 1310. The highest BCUT2D eigenvalue weighted by Gasteiger charge is 2.25. The summed E-state index contributed by atoms with van der Waals surface area (Å²) in [7, 11) is -4.36. The lowest BCUT2D eigenvalue weighted by Gasteiger charge is -2.13. The second kappa shape index (κ2) is 8.61. The fourth-order valence-electron chi connectivity index (χ4n) is 3.13. The Labute approximate surface area is 180 Å². The van der Waals surface area contributed by atoms with Gasteiger partial charge in [0.25, 0.3) is 21.6 Å². The maximum atomic E-state index is 12.5. The molecule has 0 saturated heterocycles. The summed E-state index contributed by atoms with van der Waals surface area (Å²) in [6.07, 6.45) is 1.21. The van der Waals surface area contributed by atoms with Gasteiger partial charge >= 0.3 is 5.97 Å². The molecule has 3 aromatic heterocycles. The Balaban J connectivity index is 1.80. The number of nitrogens with one attached hydrogen (secondary N) is 3. The molecule has 0 radical (unpaired) electrons. The van der Waals surface area contributed by atoms with Crippen molar-refractivity contribution < 1.29 is 27.7 Å². The van der Waals surface area contributed by atoms with Crippen molar-refractivity contribution in [3.63, 3.8) is 0 Å². The normalized spacial score (nSPS) is 13.8. The minimum Gasteiger partial charge on any atom is -0.480 e. The number of carboxylic acid groups (broad SMARTS) is 1. The van der Waals surface area contributed by atoms with E-state index in [1.807, 2.05) is 6.92 Å². The second-order valence-electron chi connectivity index (χ2n) is 6.98. The Morgan fingerprint density at radius 3 is 2.68 bits per heavy atom. The van der Waals surface area contributed by atoms with Gasteiger partial charge in [-0.1, -0.05) is 6.92 Å². The molecular weight excluding hydrogens is 448 g/mol. The van der Waals surface area contributed by atoms with E-state index < -0.39 is 40.2 Å². The van der Waals surface area contributed by atoms with Crippen molar-refractivity contribution in [2.45, 2.75) is 32.2 Å². The topological polar surface area (TPSA) is 182 Å². The van der Waals surface area contributed by atoms with Gasteiger partial charge in [0.15, 0.2) is 0 Å². The summed E-state index contributed by atoms with van der Waals surface area (Å²) in [5.74, 6) is -2.65. The van der Waals surface area contributed by atoms with Gasteiger partial charge in [-0.3, -0.25) is 14.1 Å². The van der Waals surface area contributed by atoms with Crippen LogP contribution in [0.2, 0.25) is 0 Å². The number of rotatable bonds is 8. The molecule has 1 amide bonds. The Morgan fingerprint density at radius 1 is 1.32 bits per heavy atom. The predicted octanol–water partition coefficient (Wildman–Crippen LogP) is 1.23. The monoisotopic (exact) mass is 468 g/mol. The zero-order valence-corrected chi connectivity index (χ0v) is 18.1. The first-order valence-electron chi connectivity index (χ1n) is 9.12. The summed E-state index contributed by atoms with van der Waals surface area (Å²) in [5, 5.41) is 11.9. The molecule has 11 nitrogen and oxygen atoms in total. The first kappa shape index (κ1) is 22.7. The van der Waals surface area contributed by atoms with Crippen molar-refractivity contribution in [1.82, 2.24) is 20.3 Å². The molecule has 0 aromatic carbocycles. The summed E-state index contributed by atoms with van der Waals surface area (Å²) in [6.45, 7) is 3.54. The summed E-state index contributed by atoms with van der Waals surface area (Å²) in [4.78, 5) is 47.0. The van der Waals surface area contributed by atoms with E-state index in [9.17, 15) is 27.9 Å². The highest BCUT2D eigenvalue weighted by atomic mass is 32.2. The van der Waals surface area contributed by atoms with E-state index in [1.54, 1.807) is 19.2 Å². The Hall–Kier alpha value is -3.03. The molecule has 3 heterocycles. The van der Waals surface area contributed by atoms with Crippen LogP contribution < -0.4 is 10.9 Å². The largest absolute Gasteiger partial charge is 0.480 e. The van der Waals surface area contributed by atoms with Crippen LogP contribution in [0.4, 0.5) is 0 Å². The van der Waals surface area contributed by atoms with Crippen LogP contribution in [0, 0.1) is 6.92 Å². The number of thiophene rings is 1. The molecule has 3 rings (SSSR count). The van der Waals surface area contributed by atoms with Crippen LogP contribution in [-0.4, -0.2) is 56.7 Å². The summed E-state index contributed by atoms with van der Waals surface area (Å²) in [5.41, 5.74) is 0.887. The number of nitrogens with zero attached hydrogens (tertiary/aromatic N) is 1. The van der Waals surface area contributed by atoms with E-state index in [-0.39, 0.29) is 16.4 Å². The number of aromatic amines is 2. The van der Waals surface area contributed by atoms with E-state index in [1.165, 1.54) is 6.07 Å². The van der Waals surface area contributed by atoms with E-state index >= 15 is 0 Å². The highest BCUT2D eigenvalue weighted by molar-refractivity contribution is 7.85. The van der Waals surface area contributed by atoms with Crippen molar-refractivity contribution in [3.05, 3.63) is 49.8 Å². The fraction of sp³-hybridized carbons (Fsp3) is 0.333. The summed E-state index contributed by atoms with van der Waals surface area (Å²) >= 11 is 1.12. The minimum absolute atomic E-state index is 0.225. The molecule has 166 valence electrons. The average molecular weight is 469 g/mol. The Kier molecular flexibility index (Phi) is 6.29. The SMILES string of the molecule is Cc1nc2[nH]cc(C(C)c3ccc(C(=O)NC(CCS(=O)(=O)O)C(=O)O)s3)c2c(=O)[nH]1. The third-order valence-corrected chi connectivity index (χ3v) is 6.72. The first-order chi connectivity index (χ1) is 14.5. The van der Waals surface area contributed by atoms with Crippen LogP contribution in [0.1, 0.15) is 45.2 Å². The van der Waals surface area contributed by atoms with Crippen LogP contribution in [0.5, 0.6) is 0 Å². The predicted molar refractivity (Wildman–Crippen MR) is 113 cm³/mol. The molecule has 31 heavy (non-hydrogen) atoms. The molecule has 0 saturated carbocycles. The zero-order valence-electron chi connectivity index (χ0n) is 16.5. The number of carbonyl (C=O) groups is 2. The van der Waals surface area contributed by atoms with Gasteiger partial charge in [-0.05, 0) is 31.0 Å². The molecule has 2 atom stereocenters. The smallest absolute Gasteiger partial charge is 0.326 e. The van der Waals surface area contributed by atoms with Crippen molar-refractivity contribution in [2.24, 2.45) is 0 Å². The van der Waals surface area contributed by atoms with Crippen LogP contribution in [0.25, 0.3) is 11.0 Å². The van der Waals surface area contributed by atoms with Gasteiger partial charge in [-0.15, -0.1) is 11.3 Å². The van der Waals surface area contributed by atoms with Gasteiger partial charge in [0.05, 0.1) is 16.0 Å². The zero-order chi connectivity index (χ0) is 22.9. The number of amides is 1. The van der Waals surface area contributed by atoms with Crippen molar-refractivity contribution in [2.75, 3.05) is 5.75 Å². The van der Waals surface area contributed by atoms with Crippen LogP contribution in [0.3, 0.4) is 0 Å². The van der Waals surface area contributed by atoms with Crippen LogP contribution in [-0.2, 0) is 14.9 Å². The van der Waals surface area contributed by atoms with Gasteiger partial charge in [-0.25, -0.2) is 9.78 Å². The van der Waals surface area contributed by atoms with E-state index in [4.69, 9.17) is 4.55 Å². The molecule has 0 aliphatic heterocycles. The lowest BCUT2D eigenvalue weighted by molar-refractivity contribution is -0.139. The lowest BCUT2D eigenvalue weighted by atomic mass is 10.0. The van der Waals surface area contributed by atoms with Crippen molar-refractivity contribution in [3.8, 4) is 0 Å². The van der Waals surface area contributed by atoms with Crippen LogP contribution in [0.15, 0.2) is 23.1 Å². The molecule has 13 heteroatoms. The Morgan fingerprint density at radius 2 is 2.03 bits per heavy atom. The molecule has 0 aliphatic carbocycles. The summed E-state index contributed by atoms with van der Waals surface area (Å²) in [6, 6.07) is 1.75. The number of aromatic nitrogens is 3. The molecular formula is C18H20N4O7S2. The van der Waals surface area contributed by atoms with E-state index in [2.05, 4.69) is 20.3 Å². The molecule has 0 fully saturated rings. The standard InChI is InChI=1S/C18H20N4O7S2/c1-8(10-7-19-15-14(10)17(24)21-9(2)20-15)12-3-4-13(30-12)16(23)22-11(18(25)26)5-6-31(27,28)29/h3-4,7-8,11H,5-6H2,1-2H3,(H,22,23)(H,25,26)(H,27,28,29)(H2,19,20,21,24). The van der Waals surface area contributed by atoms with Gasteiger partial charge in [0.1, 0.15) is 17.5 Å². The highest BCUT2D eigenvalue weighted by Crippen LogP contribution is 2.32. The molecule has 0 spiro atoms. The van der Waals surface area contributed by atoms with E-state index in [0.717, 1.165) is 16.2 Å². The van der Waals surface area contributed by atoms with Gasteiger partial charge in [0, 0.05) is 17.0 Å². The number of H-pyrrole nitrogens is 2. The number of aryl methyl sites for hydroxylation is 1. The quantitative estimate of drug-likeness (QED) is 0.306. The molecule has 0 bridgehead atoms. The lowest BCUT2D eigenvalue weighted by Crippen LogP contribution is -2.41. The van der Waals surface area contributed by atoms with Crippen LogP contribution >= 0.6 is 11.3 Å². The summed E-state index contributed by atoms with van der Waals surface area (Å²) < 4.78 is 30.5. The van der Waals surface area contributed by atoms with Crippen molar-refractivity contribution >= 4 is 44.4 Å². The number of carboxylic acids is 1. The third kappa shape index (κ3) is 5.18. The maximum absolute atomic E-state index is 12.5. The number of hydrogen-bond acceptors (Lipinski definition) is 7. The van der Waals surface area contributed by atoms with Gasteiger partial charge in [-0.2, -0.15) is 8.42 Å². The number of aliphatic carboxylic acids is 1. The van der Waals surface area contributed by atoms with Crippen molar-refractivity contribution in [1.29, 1.82) is 0 Å². The van der Waals surface area contributed by atoms with E-state index in [0.29, 0.717) is 22.4 Å². The molecule has 3 aromatic rings. The third-order valence-electron chi connectivity index (χ3n) is 4.70. The minimum atomic E-state index is -4.36. The fourth-order valence-corrected chi connectivity index (χ4v) is 4.65. The number of carbonyl (C=O) groups excluding carboxylic acids is 1. The molecule has 2 unspecified atom stereocenters. The first-order valence-corrected chi connectivity index (χ1v) is 11.6. The second-order valence-corrected chi connectivity index (χ2v) is 9.67. The van der Waals surface area contributed by atoms with Gasteiger partial charge < -0.3 is 20.4 Å².